The van der Waals surface area contributed by atoms with Crippen molar-refractivity contribution in [2.24, 2.45) is 0 Å². The molecule has 0 amide bonds. The molecular formula is C18H16Cl3NO2S. The molecule has 1 fully saturated rings. The monoisotopic (exact) mass is 415 g/mol. The van der Waals surface area contributed by atoms with Crippen LogP contribution in [-0.2, 0) is 9.54 Å². The average Bonchev–Trinajstić information content (AvgIpc) is 2.96. The fourth-order valence-corrected chi connectivity index (χ4v) is 5.39. The molecule has 0 saturated carbocycles. The molecule has 1 heterocycles. The van der Waals surface area contributed by atoms with Crippen molar-refractivity contribution in [2.45, 2.75) is 29.5 Å². The first kappa shape index (κ1) is 18.9. The fraction of sp³-hybridized carbons (Fsp3) is 0.278. The predicted molar refractivity (Wildman–Crippen MR) is 105 cm³/mol. The molecule has 1 saturated heterocycles. The Morgan fingerprint density at radius 3 is 2.36 bits per heavy atom. The maximum absolute atomic E-state index is 11.6. The van der Waals surface area contributed by atoms with Crippen LogP contribution in [-0.4, -0.2) is 16.4 Å². The normalized spacial score (nSPS) is 25.9. The molecule has 3 atom stereocenters. The molecule has 1 aliphatic rings. The van der Waals surface area contributed by atoms with Gasteiger partial charge in [0.2, 0.25) is 0 Å². The summed E-state index contributed by atoms with van der Waals surface area (Å²) in [5.74, 6) is -0.899. The van der Waals surface area contributed by atoms with Gasteiger partial charge in [0, 0.05) is 15.1 Å². The van der Waals surface area contributed by atoms with Crippen LogP contribution in [0.25, 0.3) is 0 Å². The van der Waals surface area contributed by atoms with Crippen LogP contribution in [0.15, 0.2) is 42.5 Å². The third-order valence-electron chi connectivity index (χ3n) is 4.47. The molecule has 2 aromatic rings. The molecule has 25 heavy (non-hydrogen) atoms. The Labute approximate surface area is 165 Å². The van der Waals surface area contributed by atoms with Gasteiger partial charge in [-0.15, -0.1) is 11.8 Å². The van der Waals surface area contributed by atoms with Crippen molar-refractivity contribution >= 4 is 52.5 Å². The van der Waals surface area contributed by atoms with E-state index < -0.39 is 16.1 Å². The van der Waals surface area contributed by atoms with Gasteiger partial charge in [-0.05, 0) is 41.8 Å². The van der Waals surface area contributed by atoms with E-state index in [9.17, 15) is 9.90 Å². The quantitative estimate of drug-likeness (QED) is 0.667. The first-order valence-electron chi connectivity index (χ1n) is 7.75. The predicted octanol–water partition coefficient (Wildman–Crippen LogP) is 5.74. The number of nitrogens with one attached hydrogen (secondary N) is 1. The van der Waals surface area contributed by atoms with Gasteiger partial charge in [0.15, 0.2) is 5.37 Å². The number of carboxylic acids is 1. The number of carbonyl (C=O) groups is 1. The Hall–Kier alpha value is -0.910. The van der Waals surface area contributed by atoms with Crippen molar-refractivity contribution < 1.29 is 9.90 Å². The summed E-state index contributed by atoms with van der Waals surface area (Å²) in [5, 5.41) is 13.7. The van der Waals surface area contributed by atoms with Crippen LogP contribution in [0.4, 0.5) is 0 Å². The highest BCUT2D eigenvalue weighted by Gasteiger charge is 2.51. The van der Waals surface area contributed by atoms with Crippen LogP contribution in [0.2, 0.25) is 15.1 Å². The van der Waals surface area contributed by atoms with E-state index in [1.165, 1.54) is 11.8 Å². The summed E-state index contributed by atoms with van der Waals surface area (Å²) in [5.41, 5.74) is 1.84. The molecule has 0 radical (unpaired) electrons. The van der Waals surface area contributed by atoms with E-state index >= 15 is 0 Å². The standard InChI is InChI=1S/C18H16Cl3NO2S/c1-2-18(10-3-5-11(19)6-4-10)15(22-16(25-18)17(23)24)13-8-7-12(20)9-14(13)21/h3-9,15-16,22H,2H2,1H3,(H,23,24). The second-order valence-electron chi connectivity index (χ2n) is 5.85. The third-order valence-corrected chi connectivity index (χ3v) is 7.04. The largest absolute Gasteiger partial charge is 0.479 e. The van der Waals surface area contributed by atoms with E-state index in [2.05, 4.69) is 5.32 Å². The molecule has 0 aromatic heterocycles. The summed E-state index contributed by atoms with van der Waals surface area (Å²) in [4.78, 5) is 11.6. The zero-order valence-corrected chi connectivity index (χ0v) is 16.4. The van der Waals surface area contributed by atoms with Crippen LogP contribution in [0.1, 0.15) is 30.5 Å². The topological polar surface area (TPSA) is 49.3 Å². The Bertz CT molecular complexity index is 799. The number of rotatable bonds is 4. The minimum absolute atomic E-state index is 0.269. The molecule has 3 unspecified atom stereocenters. The average molecular weight is 417 g/mol. The maximum Gasteiger partial charge on any atom is 0.331 e. The van der Waals surface area contributed by atoms with Gasteiger partial charge in [-0.25, -0.2) is 4.79 Å². The van der Waals surface area contributed by atoms with E-state index in [0.717, 1.165) is 17.5 Å². The lowest BCUT2D eigenvalue weighted by molar-refractivity contribution is -0.137. The van der Waals surface area contributed by atoms with Crippen LogP contribution >= 0.6 is 46.6 Å². The highest BCUT2D eigenvalue weighted by molar-refractivity contribution is 8.01. The summed E-state index contributed by atoms with van der Waals surface area (Å²) in [6, 6.07) is 12.6. The van der Waals surface area contributed by atoms with Crippen molar-refractivity contribution in [1.82, 2.24) is 5.32 Å². The van der Waals surface area contributed by atoms with Gasteiger partial charge in [-0.1, -0.05) is 59.9 Å². The molecule has 1 aliphatic heterocycles. The number of hydrogen-bond donors (Lipinski definition) is 2. The number of thioether (sulfide) groups is 1. The van der Waals surface area contributed by atoms with E-state index in [1.807, 2.05) is 37.3 Å². The lowest BCUT2D eigenvalue weighted by Crippen LogP contribution is -2.34. The number of halogens is 3. The Balaban J connectivity index is 2.14. The summed E-state index contributed by atoms with van der Waals surface area (Å²) >= 11 is 19.9. The van der Waals surface area contributed by atoms with Gasteiger partial charge in [0.05, 0.1) is 10.8 Å². The van der Waals surface area contributed by atoms with Crippen molar-refractivity contribution in [2.75, 3.05) is 0 Å². The highest BCUT2D eigenvalue weighted by atomic mass is 35.5. The van der Waals surface area contributed by atoms with Gasteiger partial charge < -0.3 is 5.11 Å². The number of carboxylic acid groups (broad SMARTS) is 1. The van der Waals surface area contributed by atoms with Crippen LogP contribution < -0.4 is 5.32 Å². The van der Waals surface area contributed by atoms with E-state index in [-0.39, 0.29) is 6.04 Å². The molecule has 2 N–H and O–H groups in total. The molecule has 0 spiro atoms. The summed E-state index contributed by atoms with van der Waals surface area (Å²) in [6.07, 6.45) is 0.722. The van der Waals surface area contributed by atoms with Gasteiger partial charge >= 0.3 is 5.97 Å². The summed E-state index contributed by atoms with van der Waals surface area (Å²) in [6.45, 7) is 2.05. The minimum atomic E-state index is -0.899. The molecule has 0 bridgehead atoms. The lowest BCUT2D eigenvalue weighted by Gasteiger charge is -2.34. The lowest BCUT2D eigenvalue weighted by atomic mass is 9.84. The summed E-state index contributed by atoms with van der Waals surface area (Å²) < 4.78 is -0.481. The third kappa shape index (κ3) is 3.51. The SMILES string of the molecule is CCC1(c2ccc(Cl)cc2)SC(C(=O)O)NC1c1ccc(Cl)cc1Cl. The molecular weight excluding hydrogens is 401 g/mol. The minimum Gasteiger partial charge on any atom is -0.479 e. The molecule has 0 aliphatic carbocycles. The van der Waals surface area contributed by atoms with Crippen molar-refractivity contribution in [1.29, 1.82) is 0 Å². The molecule has 2 aromatic carbocycles. The number of benzene rings is 2. The zero-order valence-electron chi connectivity index (χ0n) is 13.3. The van der Waals surface area contributed by atoms with Gasteiger partial charge in [0.25, 0.3) is 0 Å². The van der Waals surface area contributed by atoms with Crippen molar-refractivity contribution in [3.8, 4) is 0 Å². The molecule has 3 rings (SSSR count). The Morgan fingerprint density at radius 2 is 1.80 bits per heavy atom. The van der Waals surface area contributed by atoms with Crippen molar-refractivity contribution in [3.63, 3.8) is 0 Å². The Morgan fingerprint density at radius 1 is 1.16 bits per heavy atom. The number of hydrogen-bond acceptors (Lipinski definition) is 3. The smallest absolute Gasteiger partial charge is 0.331 e. The van der Waals surface area contributed by atoms with Gasteiger partial charge in [-0.3, -0.25) is 5.32 Å². The van der Waals surface area contributed by atoms with E-state index in [4.69, 9.17) is 34.8 Å². The molecule has 132 valence electrons. The second-order valence-corrected chi connectivity index (χ2v) is 8.57. The zero-order chi connectivity index (χ0) is 18.2. The van der Waals surface area contributed by atoms with Gasteiger partial charge in [0.1, 0.15) is 0 Å². The Kier molecular flexibility index (Phi) is 5.57. The van der Waals surface area contributed by atoms with Crippen LogP contribution in [0, 0.1) is 0 Å². The van der Waals surface area contributed by atoms with Crippen LogP contribution in [0.3, 0.4) is 0 Å². The fourth-order valence-electron chi connectivity index (χ4n) is 3.25. The van der Waals surface area contributed by atoms with Crippen molar-refractivity contribution in [3.05, 3.63) is 68.7 Å². The number of aliphatic carboxylic acids is 1. The van der Waals surface area contributed by atoms with Gasteiger partial charge in [-0.2, -0.15) is 0 Å². The first-order chi connectivity index (χ1) is 11.9. The first-order valence-corrected chi connectivity index (χ1v) is 9.76. The molecule has 7 heteroatoms. The van der Waals surface area contributed by atoms with E-state index in [0.29, 0.717) is 15.1 Å². The summed E-state index contributed by atoms with van der Waals surface area (Å²) in [7, 11) is 0. The molecule has 3 nitrogen and oxygen atoms in total. The van der Waals surface area contributed by atoms with E-state index in [1.54, 1.807) is 12.1 Å². The highest BCUT2D eigenvalue weighted by Crippen LogP contribution is 2.56. The maximum atomic E-state index is 11.6. The van der Waals surface area contributed by atoms with Crippen LogP contribution in [0.5, 0.6) is 0 Å². The second kappa shape index (κ2) is 7.37.